The quantitative estimate of drug-likeness (QED) is 0.665. The molecule has 1 saturated carbocycles. The van der Waals surface area contributed by atoms with E-state index < -0.39 is 11.7 Å². The minimum absolute atomic E-state index is 0.427. The topological polar surface area (TPSA) is 49.4 Å². The van der Waals surface area contributed by atoms with Crippen molar-refractivity contribution in [2.24, 2.45) is 0 Å². The Balaban J connectivity index is 1.82. The number of hydrogen-bond donors (Lipinski definition) is 1. The maximum Gasteiger partial charge on any atom is 0.296 e. The summed E-state index contributed by atoms with van der Waals surface area (Å²) in [4.78, 5) is 25.3. The Morgan fingerprint density at radius 2 is 1.80 bits per heavy atom. The number of carbonyl (C=O) groups is 2. The number of amides is 1. The van der Waals surface area contributed by atoms with E-state index in [9.17, 15) is 9.59 Å². The second-order valence-electron chi connectivity index (χ2n) is 5.77. The van der Waals surface area contributed by atoms with Gasteiger partial charge in [0.05, 0.1) is 11.3 Å². The van der Waals surface area contributed by atoms with Crippen LogP contribution in [0.1, 0.15) is 48.9 Å². The molecule has 0 unspecified atom stereocenters. The first-order chi connectivity index (χ1) is 9.66. The van der Waals surface area contributed by atoms with Crippen molar-refractivity contribution in [3.05, 3.63) is 23.8 Å². The molecule has 1 aromatic carbocycles. The Bertz CT molecular complexity index is 545. The number of rotatable bonds is 2. The van der Waals surface area contributed by atoms with Crippen LogP contribution in [0.15, 0.2) is 18.2 Å². The highest BCUT2D eigenvalue weighted by atomic mass is 16.2. The van der Waals surface area contributed by atoms with E-state index >= 15 is 0 Å². The Hall–Kier alpha value is -1.84. The van der Waals surface area contributed by atoms with Gasteiger partial charge in [0.25, 0.3) is 11.7 Å². The summed E-state index contributed by atoms with van der Waals surface area (Å²) in [7, 11) is 2.11. The molecule has 1 heterocycles. The average Bonchev–Trinajstić information content (AvgIpc) is 2.65. The molecule has 1 aliphatic heterocycles. The Morgan fingerprint density at radius 3 is 2.50 bits per heavy atom. The molecule has 1 N–H and O–H groups in total. The number of nitrogens with zero attached hydrogens (tertiary/aromatic N) is 1. The first-order valence-electron chi connectivity index (χ1n) is 7.39. The predicted molar refractivity (Wildman–Crippen MR) is 79.3 cm³/mol. The number of carbonyl (C=O) groups excluding carboxylic acids is 2. The molecule has 20 heavy (non-hydrogen) atoms. The normalized spacial score (nSPS) is 19.4. The SMILES string of the molecule is CN(c1ccc2c(c1)NC(=O)C2=O)C1CCCCCC1. The molecule has 1 amide bonds. The summed E-state index contributed by atoms with van der Waals surface area (Å²) < 4.78 is 0. The number of nitrogens with one attached hydrogen (secondary N) is 1. The summed E-state index contributed by atoms with van der Waals surface area (Å²) in [6, 6.07) is 6.19. The lowest BCUT2D eigenvalue weighted by molar-refractivity contribution is -0.112. The van der Waals surface area contributed by atoms with E-state index in [1.54, 1.807) is 6.07 Å². The van der Waals surface area contributed by atoms with Crippen LogP contribution in [0.25, 0.3) is 0 Å². The smallest absolute Gasteiger partial charge is 0.296 e. The zero-order chi connectivity index (χ0) is 14.1. The molecule has 1 aromatic rings. The molecule has 1 aliphatic carbocycles. The zero-order valence-electron chi connectivity index (χ0n) is 11.8. The third-order valence-electron chi connectivity index (χ3n) is 4.48. The highest BCUT2D eigenvalue weighted by Crippen LogP contribution is 2.31. The molecule has 3 rings (SSSR count). The summed E-state index contributed by atoms with van der Waals surface area (Å²) in [5.74, 6) is -0.946. The van der Waals surface area contributed by atoms with Gasteiger partial charge in [-0.2, -0.15) is 0 Å². The Labute approximate surface area is 119 Å². The van der Waals surface area contributed by atoms with Crippen LogP contribution >= 0.6 is 0 Å². The van der Waals surface area contributed by atoms with Crippen molar-refractivity contribution in [1.82, 2.24) is 0 Å². The summed E-state index contributed by atoms with van der Waals surface area (Å²) in [5.41, 5.74) is 2.22. The highest BCUT2D eigenvalue weighted by Gasteiger charge is 2.28. The Kier molecular flexibility index (Phi) is 3.47. The van der Waals surface area contributed by atoms with Gasteiger partial charge in [0.2, 0.25) is 0 Å². The van der Waals surface area contributed by atoms with Crippen LogP contribution in [0, 0.1) is 0 Å². The molecule has 106 valence electrons. The van der Waals surface area contributed by atoms with Gasteiger partial charge in [0, 0.05) is 18.8 Å². The fraction of sp³-hybridized carbons (Fsp3) is 0.500. The number of benzene rings is 1. The molecule has 0 spiro atoms. The van der Waals surface area contributed by atoms with Crippen molar-refractivity contribution in [3.8, 4) is 0 Å². The molecule has 4 nitrogen and oxygen atoms in total. The lowest BCUT2D eigenvalue weighted by Gasteiger charge is -2.29. The molecule has 4 heteroatoms. The van der Waals surface area contributed by atoms with Gasteiger partial charge in [-0.1, -0.05) is 25.7 Å². The average molecular weight is 272 g/mol. The van der Waals surface area contributed by atoms with Crippen LogP contribution in [-0.2, 0) is 4.79 Å². The van der Waals surface area contributed by atoms with E-state index in [0.29, 0.717) is 17.3 Å². The van der Waals surface area contributed by atoms with Gasteiger partial charge in [-0.15, -0.1) is 0 Å². The van der Waals surface area contributed by atoms with E-state index in [4.69, 9.17) is 0 Å². The van der Waals surface area contributed by atoms with Crippen LogP contribution in [0.5, 0.6) is 0 Å². The number of fused-ring (bicyclic) bond motifs is 1. The summed E-state index contributed by atoms with van der Waals surface area (Å²) in [5, 5.41) is 2.64. The fourth-order valence-electron chi connectivity index (χ4n) is 3.21. The minimum Gasteiger partial charge on any atom is -0.372 e. The number of hydrogen-bond acceptors (Lipinski definition) is 3. The molecule has 0 aromatic heterocycles. The highest BCUT2D eigenvalue weighted by molar-refractivity contribution is 6.51. The van der Waals surface area contributed by atoms with Gasteiger partial charge in [-0.05, 0) is 31.0 Å². The second-order valence-corrected chi connectivity index (χ2v) is 5.77. The van der Waals surface area contributed by atoms with Crippen LogP contribution in [0.4, 0.5) is 11.4 Å². The monoisotopic (exact) mass is 272 g/mol. The van der Waals surface area contributed by atoms with Gasteiger partial charge in [0.1, 0.15) is 0 Å². The summed E-state index contributed by atoms with van der Waals surface area (Å²) >= 11 is 0. The van der Waals surface area contributed by atoms with Crippen molar-refractivity contribution in [1.29, 1.82) is 0 Å². The maximum atomic E-state index is 11.6. The van der Waals surface area contributed by atoms with Crippen LogP contribution in [-0.4, -0.2) is 24.8 Å². The molecule has 2 aliphatic rings. The molecule has 0 bridgehead atoms. The zero-order valence-corrected chi connectivity index (χ0v) is 11.8. The van der Waals surface area contributed by atoms with Crippen molar-refractivity contribution < 1.29 is 9.59 Å². The van der Waals surface area contributed by atoms with Gasteiger partial charge in [0.15, 0.2) is 0 Å². The standard InChI is InChI=1S/C16H20N2O2/c1-18(11-6-4-2-3-5-7-11)12-8-9-13-14(10-12)17-16(20)15(13)19/h8-11H,2-7H2,1H3,(H,17,19,20). The van der Waals surface area contributed by atoms with Gasteiger partial charge in [-0.25, -0.2) is 0 Å². The van der Waals surface area contributed by atoms with Gasteiger partial charge < -0.3 is 10.2 Å². The minimum atomic E-state index is -0.519. The fourth-order valence-corrected chi connectivity index (χ4v) is 3.21. The van der Waals surface area contributed by atoms with Crippen molar-refractivity contribution in [3.63, 3.8) is 0 Å². The summed E-state index contributed by atoms with van der Waals surface area (Å²) in [6.45, 7) is 0. The van der Waals surface area contributed by atoms with Crippen LogP contribution < -0.4 is 10.2 Å². The molecular formula is C16H20N2O2. The van der Waals surface area contributed by atoms with Crippen LogP contribution in [0.2, 0.25) is 0 Å². The predicted octanol–water partition coefficient (Wildman–Crippen LogP) is 2.98. The van der Waals surface area contributed by atoms with E-state index in [-0.39, 0.29) is 0 Å². The van der Waals surface area contributed by atoms with Gasteiger partial charge >= 0.3 is 0 Å². The lowest BCUT2D eigenvalue weighted by Crippen LogP contribution is -2.31. The summed E-state index contributed by atoms with van der Waals surface area (Å²) in [6.07, 6.45) is 7.68. The maximum absolute atomic E-state index is 11.6. The number of anilines is 2. The van der Waals surface area contributed by atoms with Crippen molar-refractivity contribution in [2.45, 2.75) is 44.6 Å². The second kappa shape index (κ2) is 5.27. The third kappa shape index (κ3) is 2.30. The van der Waals surface area contributed by atoms with Crippen molar-refractivity contribution >= 4 is 23.1 Å². The first-order valence-corrected chi connectivity index (χ1v) is 7.39. The van der Waals surface area contributed by atoms with E-state index in [1.807, 2.05) is 12.1 Å². The third-order valence-corrected chi connectivity index (χ3v) is 4.48. The van der Waals surface area contributed by atoms with E-state index in [0.717, 1.165) is 5.69 Å². The molecule has 0 atom stereocenters. The van der Waals surface area contributed by atoms with Gasteiger partial charge in [-0.3, -0.25) is 9.59 Å². The van der Waals surface area contributed by atoms with E-state index in [2.05, 4.69) is 17.3 Å². The first kappa shape index (κ1) is 13.2. The molecule has 1 fully saturated rings. The molecule has 0 radical (unpaired) electrons. The van der Waals surface area contributed by atoms with Crippen molar-refractivity contribution in [2.75, 3.05) is 17.3 Å². The lowest BCUT2D eigenvalue weighted by atomic mass is 10.1. The molecular weight excluding hydrogens is 252 g/mol. The molecule has 0 saturated heterocycles. The Morgan fingerprint density at radius 1 is 1.10 bits per heavy atom. The van der Waals surface area contributed by atoms with Crippen LogP contribution in [0.3, 0.4) is 0 Å². The number of Topliss-reactive ketones (excluding diaryl/α,β-unsaturated/α-hetero) is 1. The largest absolute Gasteiger partial charge is 0.372 e. The number of ketones is 1. The van der Waals surface area contributed by atoms with E-state index in [1.165, 1.54) is 38.5 Å².